The minimum Gasteiger partial charge on any atom is -0.455 e. The van der Waals surface area contributed by atoms with Crippen molar-refractivity contribution in [3.63, 3.8) is 0 Å². The van der Waals surface area contributed by atoms with Crippen molar-refractivity contribution < 1.29 is 23.3 Å². The molecule has 0 fully saturated rings. The van der Waals surface area contributed by atoms with E-state index in [0.717, 1.165) is 0 Å². The smallest absolute Gasteiger partial charge is 0.273 e. The number of halogens is 1. The van der Waals surface area contributed by atoms with Crippen molar-refractivity contribution in [2.75, 3.05) is 5.32 Å². The Bertz CT molecular complexity index is 1500. The first-order valence-electron chi connectivity index (χ1n) is 10.7. The van der Waals surface area contributed by atoms with E-state index in [1.165, 1.54) is 48.7 Å². The summed E-state index contributed by atoms with van der Waals surface area (Å²) >= 11 is 0. The molecule has 36 heavy (non-hydrogen) atoms. The zero-order valence-corrected chi connectivity index (χ0v) is 18.9. The van der Waals surface area contributed by atoms with Gasteiger partial charge in [-0.25, -0.2) is 9.82 Å². The van der Waals surface area contributed by atoms with Crippen LogP contribution in [0.5, 0.6) is 0 Å². The highest BCUT2D eigenvalue weighted by atomic mass is 19.1. The number of carbonyl (C=O) groups excluding carboxylic acids is 2. The van der Waals surface area contributed by atoms with Gasteiger partial charge < -0.3 is 9.73 Å². The summed E-state index contributed by atoms with van der Waals surface area (Å²) in [6, 6.07) is 19.7. The Labute approximate surface area is 204 Å². The molecule has 0 atom stereocenters. The number of nitro groups is 1. The number of hydrazone groups is 1. The van der Waals surface area contributed by atoms with Crippen molar-refractivity contribution >= 4 is 29.4 Å². The maximum atomic E-state index is 13.9. The van der Waals surface area contributed by atoms with Gasteiger partial charge in [-0.05, 0) is 43.3 Å². The summed E-state index contributed by atoms with van der Waals surface area (Å²) in [7, 11) is 0. The molecule has 0 saturated carbocycles. The second-order valence-corrected chi connectivity index (χ2v) is 7.59. The quantitative estimate of drug-likeness (QED) is 0.208. The van der Waals surface area contributed by atoms with Crippen LogP contribution in [0.1, 0.15) is 32.0 Å². The lowest BCUT2D eigenvalue weighted by atomic mass is 10.1. The van der Waals surface area contributed by atoms with Crippen LogP contribution in [0.3, 0.4) is 0 Å². The Morgan fingerprint density at radius 3 is 2.42 bits per heavy atom. The fourth-order valence-corrected chi connectivity index (χ4v) is 3.50. The Morgan fingerprint density at radius 1 is 0.944 bits per heavy atom. The van der Waals surface area contributed by atoms with Crippen LogP contribution in [0, 0.1) is 22.9 Å². The summed E-state index contributed by atoms with van der Waals surface area (Å²) < 4.78 is 19.6. The predicted molar refractivity (Wildman–Crippen MR) is 131 cm³/mol. The summed E-state index contributed by atoms with van der Waals surface area (Å²) in [5, 5.41) is 17.6. The van der Waals surface area contributed by atoms with E-state index in [9.17, 15) is 24.1 Å². The lowest BCUT2D eigenvalue weighted by molar-refractivity contribution is -0.385. The Morgan fingerprint density at radius 2 is 1.67 bits per heavy atom. The number of nitrogens with zero attached hydrogens (tertiary/aromatic N) is 2. The van der Waals surface area contributed by atoms with Crippen molar-refractivity contribution in [2.45, 2.75) is 6.92 Å². The van der Waals surface area contributed by atoms with Crippen LogP contribution in [0.15, 0.2) is 88.4 Å². The van der Waals surface area contributed by atoms with Gasteiger partial charge in [0.15, 0.2) is 0 Å². The molecular weight excluding hydrogens is 467 g/mol. The summed E-state index contributed by atoms with van der Waals surface area (Å²) in [5.74, 6) is -1.28. The van der Waals surface area contributed by atoms with Crippen LogP contribution in [0.4, 0.5) is 15.8 Å². The highest BCUT2D eigenvalue weighted by Crippen LogP contribution is 2.30. The molecule has 9 nitrogen and oxygen atoms in total. The number of carbonyl (C=O) groups is 2. The van der Waals surface area contributed by atoms with Crippen LogP contribution in [0.25, 0.3) is 11.3 Å². The first-order chi connectivity index (χ1) is 17.3. The topological polar surface area (TPSA) is 127 Å². The van der Waals surface area contributed by atoms with Crippen LogP contribution in [-0.2, 0) is 0 Å². The molecule has 3 aromatic carbocycles. The zero-order chi connectivity index (χ0) is 25.7. The van der Waals surface area contributed by atoms with Gasteiger partial charge in [-0.3, -0.25) is 19.7 Å². The maximum Gasteiger partial charge on any atom is 0.273 e. The lowest BCUT2D eigenvalue weighted by Gasteiger charge is -2.10. The van der Waals surface area contributed by atoms with Gasteiger partial charge in [0.2, 0.25) is 0 Å². The minimum atomic E-state index is -0.698. The van der Waals surface area contributed by atoms with E-state index in [-0.39, 0.29) is 22.5 Å². The molecule has 0 bridgehead atoms. The summed E-state index contributed by atoms with van der Waals surface area (Å²) in [6.07, 6.45) is 1.27. The highest BCUT2D eigenvalue weighted by molar-refractivity contribution is 6.09. The number of para-hydroxylation sites is 1. The summed E-state index contributed by atoms with van der Waals surface area (Å²) in [4.78, 5) is 35.8. The molecule has 0 radical (unpaired) electrons. The third-order valence-electron chi connectivity index (χ3n) is 5.29. The number of benzene rings is 3. The van der Waals surface area contributed by atoms with E-state index >= 15 is 0 Å². The molecule has 2 amide bonds. The molecule has 10 heteroatoms. The number of nitrogens with one attached hydrogen (secondary N) is 2. The second kappa shape index (κ2) is 10.4. The monoisotopic (exact) mass is 486 g/mol. The molecule has 4 aromatic rings. The standard InChI is InChI=1S/C26H19FN4O5/c1-16-18(9-6-12-23(16)31(34)35)24-14-13-17(36-24)15-28-30-26(33)20-8-3-5-11-22(20)29-25(32)19-7-2-4-10-21(19)27/h2-15H,1H3,(H,29,32)(H,30,33)/b28-15-. The summed E-state index contributed by atoms with van der Waals surface area (Å²) in [6.45, 7) is 1.63. The number of hydrogen-bond donors (Lipinski definition) is 2. The Balaban J connectivity index is 1.46. The van der Waals surface area contributed by atoms with E-state index in [2.05, 4.69) is 15.8 Å². The molecule has 180 valence electrons. The number of hydrogen-bond acceptors (Lipinski definition) is 6. The van der Waals surface area contributed by atoms with Gasteiger partial charge in [-0.15, -0.1) is 0 Å². The van der Waals surface area contributed by atoms with Crippen molar-refractivity contribution in [1.29, 1.82) is 0 Å². The Hall–Kier alpha value is -5.12. The molecule has 0 aliphatic heterocycles. The first-order valence-corrected chi connectivity index (χ1v) is 10.7. The molecule has 2 N–H and O–H groups in total. The number of amides is 2. The molecule has 0 unspecified atom stereocenters. The van der Waals surface area contributed by atoms with E-state index in [1.807, 2.05) is 0 Å². The largest absolute Gasteiger partial charge is 0.455 e. The minimum absolute atomic E-state index is 0.0212. The van der Waals surface area contributed by atoms with Gasteiger partial charge in [0.25, 0.3) is 17.5 Å². The Kier molecular flexibility index (Phi) is 6.96. The van der Waals surface area contributed by atoms with E-state index in [0.29, 0.717) is 22.6 Å². The molecule has 0 spiro atoms. The third-order valence-corrected chi connectivity index (χ3v) is 5.29. The average Bonchev–Trinajstić information content (AvgIpc) is 3.33. The molecule has 1 aromatic heterocycles. The average molecular weight is 486 g/mol. The van der Waals surface area contributed by atoms with Gasteiger partial charge in [0, 0.05) is 17.2 Å². The highest BCUT2D eigenvalue weighted by Gasteiger charge is 2.17. The van der Waals surface area contributed by atoms with Crippen molar-refractivity contribution in [2.24, 2.45) is 5.10 Å². The molecule has 0 aliphatic rings. The fourth-order valence-electron chi connectivity index (χ4n) is 3.50. The van der Waals surface area contributed by atoms with Crippen LogP contribution in [0.2, 0.25) is 0 Å². The van der Waals surface area contributed by atoms with Crippen LogP contribution in [-0.4, -0.2) is 23.0 Å². The van der Waals surface area contributed by atoms with Crippen molar-refractivity contribution in [3.05, 3.63) is 117 Å². The van der Waals surface area contributed by atoms with Gasteiger partial charge in [-0.2, -0.15) is 5.10 Å². The zero-order valence-electron chi connectivity index (χ0n) is 18.9. The molecule has 1 heterocycles. The second-order valence-electron chi connectivity index (χ2n) is 7.59. The molecule has 4 rings (SSSR count). The van der Waals surface area contributed by atoms with E-state index in [1.54, 1.807) is 43.3 Å². The van der Waals surface area contributed by atoms with Crippen LogP contribution >= 0.6 is 0 Å². The van der Waals surface area contributed by atoms with Gasteiger partial charge in [0.05, 0.1) is 28.0 Å². The molecule has 0 saturated heterocycles. The third kappa shape index (κ3) is 5.17. The van der Waals surface area contributed by atoms with Crippen LogP contribution < -0.4 is 10.7 Å². The molecular formula is C26H19FN4O5. The number of rotatable bonds is 7. The SMILES string of the molecule is Cc1c(-c2ccc(/C=N\NC(=O)c3ccccc3NC(=O)c3ccccc3F)o2)cccc1[N+](=O)[O-]. The number of nitro benzene ring substituents is 1. The lowest BCUT2D eigenvalue weighted by Crippen LogP contribution is -2.21. The van der Waals surface area contributed by atoms with Gasteiger partial charge in [-0.1, -0.05) is 36.4 Å². The number of anilines is 1. The van der Waals surface area contributed by atoms with E-state index < -0.39 is 22.6 Å². The predicted octanol–water partition coefficient (Wildman–Crippen LogP) is 5.32. The first kappa shape index (κ1) is 24.0. The number of furan rings is 1. The normalized spacial score (nSPS) is 10.8. The molecule has 0 aliphatic carbocycles. The van der Waals surface area contributed by atoms with E-state index in [4.69, 9.17) is 4.42 Å². The summed E-state index contributed by atoms with van der Waals surface area (Å²) in [5.41, 5.74) is 3.50. The maximum absolute atomic E-state index is 13.9. The fraction of sp³-hybridized carbons (Fsp3) is 0.0385. The van der Waals surface area contributed by atoms with Gasteiger partial charge >= 0.3 is 0 Å². The van der Waals surface area contributed by atoms with Crippen molar-refractivity contribution in [3.8, 4) is 11.3 Å². The van der Waals surface area contributed by atoms with Crippen molar-refractivity contribution in [1.82, 2.24) is 5.43 Å². The van der Waals surface area contributed by atoms with Gasteiger partial charge in [0.1, 0.15) is 17.3 Å².